The average Bonchev–Trinajstić information content (AvgIpc) is 3.26. The third kappa shape index (κ3) is 4.42. The number of imidazole rings is 2. The first-order valence-corrected chi connectivity index (χ1v) is 16.1. The number of halogens is 1. The monoisotopic (exact) mass is 669 g/mol. The summed E-state index contributed by atoms with van der Waals surface area (Å²) in [6, 6.07) is -0.732. The molecule has 23 heteroatoms. The molecule has 2 saturated heterocycles. The second-order valence-electron chi connectivity index (χ2n) is 11.3. The number of nitrogen functional groups attached to an aromatic ring is 2. The van der Waals surface area contributed by atoms with Crippen molar-refractivity contribution in [3.63, 3.8) is 0 Å². The standard InChI is InChI=1S/C22H23FN10O10P2/c23-9-8-2-39-44(36)42-15-13(34)12(32-5-28-10-16(24)26-4-27-17(10)32)7-1-22(7,15)3-40-45(37,38)43-14(9)20(41-8)33-6-29-11-18(33)30-21(25)31-19(11)35/h4-9,12-15,20,34H,1-3H2,(H5-,24,25,26,27,30,31,35,37,38)/p+1/t7?,8-,9-,12-,13+,14-,15+,20-,22+/m1/s1. The summed E-state index contributed by atoms with van der Waals surface area (Å²) in [5.74, 6) is -0.559. The van der Waals surface area contributed by atoms with Crippen molar-refractivity contribution in [2.75, 3.05) is 24.7 Å². The summed E-state index contributed by atoms with van der Waals surface area (Å²) < 4.78 is 72.4. The van der Waals surface area contributed by atoms with E-state index in [1.54, 1.807) is 4.57 Å². The predicted molar refractivity (Wildman–Crippen MR) is 146 cm³/mol. The molecule has 0 aromatic carbocycles. The lowest BCUT2D eigenvalue weighted by molar-refractivity contribution is -0.0580. The number of phosphoric acid groups is 1. The molecule has 2 aliphatic heterocycles. The van der Waals surface area contributed by atoms with Gasteiger partial charge in [-0.15, -0.1) is 9.05 Å². The lowest BCUT2D eigenvalue weighted by Gasteiger charge is -2.26. The Balaban J connectivity index is 1.12. The predicted octanol–water partition coefficient (Wildman–Crippen LogP) is -0.144. The molecule has 1 spiro atoms. The highest BCUT2D eigenvalue weighted by Gasteiger charge is 2.75. The van der Waals surface area contributed by atoms with E-state index in [9.17, 15) is 23.9 Å². The van der Waals surface area contributed by atoms with Crippen LogP contribution in [0.15, 0.2) is 23.8 Å². The van der Waals surface area contributed by atoms with Gasteiger partial charge in [-0.25, -0.2) is 28.9 Å². The summed E-state index contributed by atoms with van der Waals surface area (Å²) in [7, 11) is -8.03. The van der Waals surface area contributed by atoms with Crippen molar-refractivity contribution in [1.29, 1.82) is 0 Å². The Kier molecular flexibility index (Phi) is 6.42. The minimum absolute atomic E-state index is 0.111. The molecular weight excluding hydrogens is 645 g/mol. The highest BCUT2D eigenvalue weighted by Crippen LogP contribution is 2.71. The second kappa shape index (κ2) is 9.99. The van der Waals surface area contributed by atoms with Crippen LogP contribution < -0.4 is 17.0 Å². The number of aromatic nitrogens is 8. The molecule has 8 rings (SSSR count). The fourth-order valence-electron chi connectivity index (χ4n) is 6.70. The van der Waals surface area contributed by atoms with E-state index in [-0.39, 0.29) is 22.9 Å². The summed E-state index contributed by atoms with van der Waals surface area (Å²) in [4.78, 5) is 45.8. The fourth-order valence-corrected chi connectivity index (χ4v) is 8.54. The molecule has 4 aromatic heterocycles. The van der Waals surface area contributed by atoms with Crippen LogP contribution in [0.3, 0.4) is 0 Å². The van der Waals surface area contributed by atoms with Gasteiger partial charge in [-0.05, 0) is 12.3 Å². The third-order valence-electron chi connectivity index (χ3n) is 8.81. The number of aromatic amines is 1. The van der Waals surface area contributed by atoms with Crippen LogP contribution in [0.1, 0.15) is 18.7 Å². The Morgan fingerprint density at radius 2 is 1.93 bits per heavy atom. The molecule has 6 heterocycles. The number of anilines is 2. The second-order valence-corrected chi connectivity index (χ2v) is 13.6. The quantitative estimate of drug-likeness (QED) is 0.174. The summed E-state index contributed by atoms with van der Waals surface area (Å²) >= 11 is 0. The van der Waals surface area contributed by atoms with Crippen LogP contribution in [0, 0.1) is 11.3 Å². The molecule has 2 bridgehead atoms. The lowest BCUT2D eigenvalue weighted by atomic mass is 10.0. The van der Waals surface area contributed by atoms with Crippen molar-refractivity contribution >= 4 is 50.2 Å². The van der Waals surface area contributed by atoms with Crippen LogP contribution >= 0.6 is 16.1 Å². The van der Waals surface area contributed by atoms with Crippen molar-refractivity contribution in [2.24, 2.45) is 11.3 Å². The zero-order valence-electron chi connectivity index (χ0n) is 22.7. The molecule has 0 radical (unpaired) electrons. The van der Waals surface area contributed by atoms with Gasteiger partial charge in [-0.3, -0.25) is 23.4 Å². The summed E-state index contributed by atoms with van der Waals surface area (Å²) in [6.45, 7) is -1.15. The first-order valence-electron chi connectivity index (χ1n) is 13.5. The van der Waals surface area contributed by atoms with Gasteiger partial charge in [0.25, 0.3) is 5.56 Å². The van der Waals surface area contributed by atoms with Crippen molar-refractivity contribution < 1.29 is 46.4 Å². The Morgan fingerprint density at radius 3 is 2.76 bits per heavy atom. The topological polar surface area (TPSA) is 280 Å². The van der Waals surface area contributed by atoms with Gasteiger partial charge in [-0.2, -0.15) is 4.98 Å². The Hall–Kier alpha value is -3.52. The Labute approximate surface area is 250 Å². The highest BCUT2D eigenvalue weighted by molar-refractivity contribution is 7.47. The number of fused-ring (bicyclic) bond motifs is 4. The number of ether oxygens (including phenoxy) is 1. The number of aliphatic hydroxyl groups excluding tert-OH is 1. The number of nitrogens with zero attached hydrogens (tertiary/aromatic N) is 7. The SMILES string of the molecule is Nc1nc2c(ncn2[C@@H]2O[C@@H]3CO[P+](=O)O[C@H]4[C@@H](O)[C@H](n5cnc6c(N)ncnc65)C5C[C@]54COP(=O)(O)O[C@@H]2[C@@H]3F)c(=O)[nH]1. The molecule has 7 N–H and O–H groups in total. The van der Waals surface area contributed by atoms with Gasteiger partial charge in [-0.1, -0.05) is 0 Å². The van der Waals surface area contributed by atoms with E-state index in [0.717, 1.165) is 10.9 Å². The summed E-state index contributed by atoms with van der Waals surface area (Å²) in [5, 5.41) is 11.4. The van der Waals surface area contributed by atoms with Crippen LogP contribution in [0.25, 0.3) is 22.3 Å². The van der Waals surface area contributed by atoms with Gasteiger partial charge in [0.2, 0.25) is 5.95 Å². The minimum atomic E-state index is -5.05. The van der Waals surface area contributed by atoms with E-state index >= 15 is 4.39 Å². The van der Waals surface area contributed by atoms with Gasteiger partial charge in [0.05, 0.1) is 25.3 Å². The molecule has 3 unspecified atom stereocenters. The molecule has 4 fully saturated rings. The first-order chi connectivity index (χ1) is 21.5. The maximum atomic E-state index is 15.8. The number of hydrogen-bond acceptors (Lipinski definition) is 16. The zero-order chi connectivity index (χ0) is 31.4. The smallest absolute Gasteiger partial charge is 0.388 e. The van der Waals surface area contributed by atoms with E-state index in [0.29, 0.717) is 17.6 Å². The zero-order valence-corrected chi connectivity index (χ0v) is 24.5. The van der Waals surface area contributed by atoms with E-state index in [2.05, 4.69) is 29.9 Å². The van der Waals surface area contributed by atoms with Gasteiger partial charge >= 0.3 is 16.1 Å². The van der Waals surface area contributed by atoms with Crippen LogP contribution in [-0.4, -0.2) is 92.8 Å². The largest absolute Gasteiger partial charge is 0.697 e. The molecule has 20 nitrogen and oxygen atoms in total. The lowest BCUT2D eigenvalue weighted by Crippen LogP contribution is -2.37. The molecule has 2 saturated carbocycles. The number of nitrogens with one attached hydrogen (secondary N) is 1. The fraction of sp³-hybridized carbons (Fsp3) is 0.545. The number of rotatable bonds is 2. The average molecular weight is 669 g/mol. The van der Waals surface area contributed by atoms with Crippen molar-refractivity contribution in [1.82, 2.24) is 39.0 Å². The van der Waals surface area contributed by atoms with Gasteiger partial charge in [0.15, 0.2) is 41.1 Å². The van der Waals surface area contributed by atoms with Crippen LogP contribution in [0.4, 0.5) is 16.2 Å². The van der Waals surface area contributed by atoms with E-state index in [4.69, 9.17) is 34.3 Å². The van der Waals surface area contributed by atoms with E-state index in [1.165, 1.54) is 12.7 Å². The van der Waals surface area contributed by atoms with E-state index in [1.807, 2.05) is 0 Å². The highest BCUT2D eigenvalue weighted by atomic mass is 31.2. The molecule has 0 amide bonds. The van der Waals surface area contributed by atoms with Crippen LogP contribution in [0.5, 0.6) is 0 Å². The van der Waals surface area contributed by atoms with Crippen LogP contribution in [-0.2, 0) is 32.0 Å². The molecular formula is C22H24FN10O10P2+. The summed E-state index contributed by atoms with van der Waals surface area (Å²) in [6.07, 6.45) is -5.35. The summed E-state index contributed by atoms with van der Waals surface area (Å²) in [5.41, 5.74) is 10.2. The first kappa shape index (κ1) is 28.9. The third-order valence-corrected chi connectivity index (χ3v) is 10.5. The van der Waals surface area contributed by atoms with Gasteiger partial charge < -0.3 is 30.8 Å². The Morgan fingerprint density at radius 1 is 1.16 bits per heavy atom. The number of phosphoric ester groups is 1. The molecule has 4 aliphatic rings. The molecule has 2 aliphatic carbocycles. The minimum Gasteiger partial charge on any atom is -0.388 e. The normalized spacial score (nSPS) is 39.2. The number of aliphatic hydroxyl groups is 1. The maximum absolute atomic E-state index is 15.8. The number of hydrogen-bond donors (Lipinski definition) is 5. The van der Waals surface area contributed by atoms with Crippen molar-refractivity contribution in [3.05, 3.63) is 29.3 Å². The van der Waals surface area contributed by atoms with E-state index < -0.39 is 89.0 Å². The number of alkyl halides is 1. The van der Waals surface area contributed by atoms with Crippen molar-refractivity contribution in [3.8, 4) is 0 Å². The Bertz CT molecular complexity index is 1980. The van der Waals surface area contributed by atoms with Crippen molar-refractivity contribution in [2.45, 2.75) is 49.3 Å². The molecule has 11 atom stereocenters. The molecule has 4 aromatic rings. The van der Waals surface area contributed by atoms with Gasteiger partial charge in [0, 0.05) is 9.98 Å². The molecule has 238 valence electrons. The number of H-pyrrole nitrogens is 1. The number of nitrogens with two attached hydrogens (primary N) is 2. The van der Waals surface area contributed by atoms with Crippen LogP contribution in [0.2, 0.25) is 0 Å². The van der Waals surface area contributed by atoms with Gasteiger partial charge in [0.1, 0.15) is 36.8 Å². The maximum Gasteiger partial charge on any atom is 0.697 e. The molecule has 45 heavy (non-hydrogen) atoms.